The van der Waals surface area contributed by atoms with Gasteiger partial charge >= 0.3 is 12.1 Å². The predicted molar refractivity (Wildman–Crippen MR) is 126 cm³/mol. The summed E-state index contributed by atoms with van der Waals surface area (Å²) in [4.78, 5) is 48.6. The Morgan fingerprint density at radius 2 is 1.94 bits per heavy atom. The van der Waals surface area contributed by atoms with Crippen molar-refractivity contribution in [3.05, 3.63) is 40.0 Å². The molecule has 1 saturated heterocycles. The van der Waals surface area contributed by atoms with Gasteiger partial charge in [-0.2, -0.15) is 0 Å². The number of nitrogens with zero attached hydrogens (tertiary/aromatic N) is 2. The smallest absolute Gasteiger partial charge is 0.407 e. The molecule has 1 aromatic carbocycles. The lowest BCUT2D eigenvalue weighted by Gasteiger charge is -2.33. The van der Waals surface area contributed by atoms with Crippen LogP contribution in [0.15, 0.2) is 24.3 Å². The van der Waals surface area contributed by atoms with E-state index in [9.17, 15) is 24.5 Å². The molecule has 1 aliphatic rings. The predicted octanol–water partition coefficient (Wildman–Crippen LogP) is 2.64. The van der Waals surface area contributed by atoms with Crippen LogP contribution in [0.1, 0.15) is 39.2 Å². The van der Waals surface area contributed by atoms with Crippen LogP contribution in [0.2, 0.25) is 0 Å². The van der Waals surface area contributed by atoms with Crippen LogP contribution in [-0.2, 0) is 19.1 Å². The maximum atomic E-state index is 12.6. The van der Waals surface area contributed by atoms with E-state index in [4.69, 9.17) is 4.74 Å². The number of methoxy groups -OCH3 is 1. The van der Waals surface area contributed by atoms with E-state index in [0.29, 0.717) is 37.2 Å². The monoisotopic (exact) mass is 476 g/mol. The van der Waals surface area contributed by atoms with Crippen LogP contribution < -0.4 is 15.5 Å². The van der Waals surface area contributed by atoms with Gasteiger partial charge in [0.05, 0.1) is 18.0 Å². The molecule has 34 heavy (non-hydrogen) atoms. The van der Waals surface area contributed by atoms with Gasteiger partial charge in [-0.1, -0.05) is 6.07 Å². The van der Waals surface area contributed by atoms with Crippen LogP contribution in [0.3, 0.4) is 0 Å². The summed E-state index contributed by atoms with van der Waals surface area (Å²) in [6.07, 6.45) is 3.45. The molecule has 0 radical (unpaired) electrons. The maximum Gasteiger partial charge on any atom is 0.407 e. The first-order chi connectivity index (χ1) is 16.0. The van der Waals surface area contributed by atoms with Crippen molar-refractivity contribution in [3.8, 4) is 0 Å². The Bertz CT molecular complexity index is 940. The molecule has 0 aromatic heterocycles. The van der Waals surface area contributed by atoms with Gasteiger partial charge in [-0.3, -0.25) is 14.9 Å². The lowest BCUT2D eigenvalue weighted by atomic mass is 9.96. The first-order valence-corrected chi connectivity index (χ1v) is 11.0. The molecule has 1 atom stereocenters. The summed E-state index contributed by atoms with van der Waals surface area (Å²) < 4.78 is 9.68. The quantitative estimate of drug-likeness (QED) is 0.192. The second-order valence-electron chi connectivity index (χ2n) is 8.87. The molecule has 2 rings (SSSR count). The standard InChI is InChI=1S/C23H32N4O7/c1-23(2,3)34-22(30)25-12-11-24-21(29)17-6-5-13-26(15-17)18-9-7-16(8-10-20(28)33-4)14-19(18)27(31)32/h7-10,14,17H,5-6,11-13,15H2,1-4H3,(H,24,29)(H,25,30)/b10-8+. The summed E-state index contributed by atoms with van der Waals surface area (Å²) in [5.74, 6) is -1.07. The van der Waals surface area contributed by atoms with Gasteiger partial charge < -0.3 is 25.0 Å². The maximum absolute atomic E-state index is 12.6. The van der Waals surface area contributed by atoms with Crippen LogP contribution in [0, 0.1) is 16.0 Å². The number of hydrogen-bond acceptors (Lipinski definition) is 8. The zero-order chi connectivity index (χ0) is 25.3. The third-order valence-electron chi connectivity index (χ3n) is 5.03. The van der Waals surface area contributed by atoms with E-state index in [2.05, 4.69) is 15.4 Å². The Morgan fingerprint density at radius 3 is 2.59 bits per heavy atom. The minimum absolute atomic E-state index is 0.102. The molecule has 0 spiro atoms. The van der Waals surface area contributed by atoms with Crippen molar-refractivity contribution in [1.29, 1.82) is 0 Å². The fourth-order valence-corrected chi connectivity index (χ4v) is 3.51. The van der Waals surface area contributed by atoms with Crippen LogP contribution in [0.4, 0.5) is 16.2 Å². The molecule has 0 saturated carbocycles. The molecule has 0 aliphatic carbocycles. The number of nitro groups is 1. The van der Waals surface area contributed by atoms with Gasteiger partial charge in [0.15, 0.2) is 0 Å². The zero-order valence-corrected chi connectivity index (χ0v) is 20.0. The summed E-state index contributed by atoms with van der Waals surface area (Å²) in [6.45, 7) is 6.69. The molecular weight excluding hydrogens is 444 g/mol. The average Bonchev–Trinajstić information content (AvgIpc) is 2.78. The highest BCUT2D eigenvalue weighted by atomic mass is 16.6. The highest BCUT2D eigenvalue weighted by Gasteiger charge is 2.29. The van der Waals surface area contributed by atoms with Crippen molar-refractivity contribution in [1.82, 2.24) is 10.6 Å². The summed E-state index contributed by atoms with van der Waals surface area (Å²) in [5.41, 5.74) is 0.209. The van der Waals surface area contributed by atoms with E-state index in [1.54, 1.807) is 32.9 Å². The molecule has 11 nitrogen and oxygen atoms in total. The third kappa shape index (κ3) is 8.38. The Labute approximate surface area is 198 Å². The fraction of sp³-hybridized carbons (Fsp3) is 0.522. The molecule has 186 valence electrons. The van der Waals surface area contributed by atoms with Gasteiger partial charge in [-0.05, 0) is 51.3 Å². The number of alkyl carbamates (subject to hydrolysis) is 1. The van der Waals surface area contributed by atoms with Gasteiger partial charge in [0.25, 0.3) is 5.69 Å². The Morgan fingerprint density at radius 1 is 1.24 bits per heavy atom. The molecule has 1 heterocycles. The number of rotatable bonds is 8. The zero-order valence-electron chi connectivity index (χ0n) is 20.0. The van der Waals surface area contributed by atoms with E-state index in [0.717, 1.165) is 0 Å². The SMILES string of the molecule is COC(=O)/C=C/c1ccc(N2CCCC(C(=O)NCCNC(=O)OC(C)(C)C)C2)c([N+](=O)[O-])c1. The van der Waals surface area contributed by atoms with Crippen molar-refractivity contribution >= 4 is 35.4 Å². The number of piperidine rings is 1. The number of carbonyl (C=O) groups is 3. The second-order valence-corrected chi connectivity index (χ2v) is 8.87. The number of nitro benzene ring substituents is 1. The summed E-state index contributed by atoms with van der Waals surface area (Å²) >= 11 is 0. The van der Waals surface area contributed by atoms with Crippen LogP contribution in [-0.4, -0.2) is 61.8 Å². The van der Waals surface area contributed by atoms with E-state index in [-0.39, 0.29) is 30.6 Å². The first-order valence-electron chi connectivity index (χ1n) is 11.0. The van der Waals surface area contributed by atoms with Crippen LogP contribution >= 0.6 is 0 Å². The molecule has 1 aliphatic heterocycles. The topological polar surface area (TPSA) is 140 Å². The number of ether oxygens (including phenoxy) is 2. The van der Waals surface area contributed by atoms with Gasteiger partial charge in [0.2, 0.25) is 5.91 Å². The number of anilines is 1. The molecule has 1 fully saturated rings. The first kappa shape index (κ1) is 26.6. The van der Waals surface area contributed by atoms with Crippen LogP contribution in [0.5, 0.6) is 0 Å². The van der Waals surface area contributed by atoms with E-state index < -0.39 is 22.6 Å². The number of carbonyl (C=O) groups excluding carboxylic acids is 3. The third-order valence-corrected chi connectivity index (χ3v) is 5.03. The number of hydrogen-bond donors (Lipinski definition) is 2. The Hall–Kier alpha value is -3.63. The van der Waals surface area contributed by atoms with Gasteiger partial charge in [0, 0.05) is 38.3 Å². The highest BCUT2D eigenvalue weighted by Crippen LogP contribution is 2.33. The Kier molecular flexibility index (Phi) is 9.40. The van der Waals surface area contributed by atoms with E-state index in [1.807, 2.05) is 4.90 Å². The van der Waals surface area contributed by atoms with Gasteiger partial charge in [0.1, 0.15) is 11.3 Å². The lowest BCUT2D eigenvalue weighted by Crippen LogP contribution is -2.45. The van der Waals surface area contributed by atoms with Crippen molar-refractivity contribution in [2.24, 2.45) is 5.92 Å². The summed E-state index contributed by atoms with van der Waals surface area (Å²) in [5, 5.41) is 17.1. The van der Waals surface area contributed by atoms with Crippen molar-refractivity contribution < 1.29 is 28.8 Å². The summed E-state index contributed by atoms with van der Waals surface area (Å²) in [7, 11) is 1.25. The van der Waals surface area contributed by atoms with Crippen molar-refractivity contribution in [3.63, 3.8) is 0 Å². The minimum atomic E-state index is -0.600. The lowest BCUT2D eigenvalue weighted by molar-refractivity contribution is -0.384. The average molecular weight is 477 g/mol. The van der Waals surface area contributed by atoms with Crippen molar-refractivity contribution in [2.75, 3.05) is 38.2 Å². The number of benzene rings is 1. The normalized spacial score (nSPS) is 16.1. The van der Waals surface area contributed by atoms with Gasteiger partial charge in [-0.15, -0.1) is 0 Å². The molecule has 1 unspecified atom stereocenters. The molecular formula is C23H32N4O7. The summed E-state index contributed by atoms with van der Waals surface area (Å²) in [6, 6.07) is 4.69. The number of esters is 1. The number of nitrogens with one attached hydrogen (secondary N) is 2. The van der Waals surface area contributed by atoms with Crippen molar-refractivity contribution in [2.45, 2.75) is 39.2 Å². The molecule has 1 aromatic rings. The molecule has 2 amide bonds. The molecule has 0 bridgehead atoms. The second kappa shape index (κ2) is 12.0. The van der Waals surface area contributed by atoms with E-state index >= 15 is 0 Å². The number of amides is 2. The highest BCUT2D eigenvalue weighted by molar-refractivity contribution is 5.87. The fourth-order valence-electron chi connectivity index (χ4n) is 3.51. The molecule has 2 N–H and O–H groups in total. The largest absolute Gasteiger partial charge is 0.466 e. The van der Waals surface area contributed by atoms with E-state index in [1.165, 1.54) is 25.3 Å². The van der Waals surface area contributed by atoms with Crippen LogP contribution in [0.25, 0.3) is 6.08 Å². The minimum Gasteiger partial charge on any atom is -0.466 e. The Balaban J connectivity index is 1.97. The molecule has 11 heteroatoms. The van der Waals surface area contributed by atoms with Gasteiger partial charge in [-0.25, -0.2) is 9.59 Å².